The SMILES string of the molecule is Cc1cc(C=C2Sc3ccccc3N2Cc2ccccc2)cc(C)[n+]1Cc1ccncc1. The van der Waals surface area contributed by atoms with Crippen molar-refractivity contribution in [3.63, 3.8) is 0 Å². The van der Waals surface area contributed by atoms with Gasteiger partial charge < -0.3 is 4.90 Å². The number of thioether (sulfide) groups is 1. The van der Waals surface area contributed by atoms with E-state index < -0.39 is 0 Å². The van der Waals surface area contributed by atoms with Crippen LogP contribution in [0.25, 0.3) is 6.08 Å². The van der Waals surface area contributed by atoms with E-state index in [-0.39, 0.29) is 0 Å². The fourth-order valence-electron chi connectivity index (χ4n) is 4.19. The molecule has 0 saturated carbocycles. The maximum atomic E-state index is 4.13. The zero-order chi connectivity index (χ0) is 21.9. The van der Waals surface area contributed by atoms with E-state index in [1.54, 1.807) is 0 Å². The van der Waals surface area contributed by atoms with E-state index in [0.29, 0.717) is 0 Å². The van der Waals surface area contributed by atoms with E-state index in [1.807, 2.05) is 24.2 Å². The summed E-state index contributed by atoms with van der Waals surface area (Å²) in [6, 6.07) is 28.1. The third-order valence-corrected chi connectivity index (χ3v) is 6.92. The van der Waals surface area contributed by atoms with Crippen molar-refractivity contribution in [1.29, 1.82) is 0 Å². The standard InChI is InChI=1S/C28H26N3S/c1-21-16-25(17-22(2)30(21)19-24-12-14-29-15-13-24)18-28-31(20-23-8-4-3-5-9-23)26-10-6-7-11-27(26)32-28/h3-18H,19-20H2,1-2H3/q+1. The molecule has 158 valence electrons. The summed E-state index contributed by atoms with van der Waals surface area (Å²) in [5.74, 6) is 0. The van der Waals surface area contributed by atoms with Crippen LogP contribution in [-0.2, 0) is 13.1 Å². The van der Waals surface area contributed by atoms with Gasteiger partial charge in [0.25, 0.3) is 0 Å². The molecule has 0 N–H and O–H groups in total. The molecule has 0 bridgehead atoms. The van der Waals surface area contributed by atoms with Gasteiger partial charge in [-0.05, 0) is 41.5 Å². The van der Waals surface area contributed by atoms with Gasteiger partial charge >= 0.3 is 0 Å². The molecule has 4 aromatic rings. The fourth-order valence-corrected chi connectivity index (χ4v) is 5.32. The number of aryl methyl sites for hydroxylation is 2. The Morgan fingerprint density at radius 2 is 1.53 bits per heavy atom. The van der Waals surface area contributed by atoms with Gasteiger partial charge in [-0.2, -0.15) is 4.57 Å². The average Bonchev–Trinajstić information content (AvgIpc) is 3.14. The fraction of sp³-hybridized carbons (Fsp3) is 0.143. The highest BCUT2D eigenvalue weighted by Gasteiger charge is 2.25. The molecule has 0 radical (unpaired) electrons. The minimum Gasteiger partial charge on any atom is -0.330 e. The van der Waals surface area contributed by atoms with Crippen LogP contribution in [0.4, 0.5) is 5.69 Å². The number of aromatic nitrogens is 2. The normalized spacial score (nSPS) is 14.1. The Bertz CT molecular complexity index is 1240. The van der Waals surface area contributed by atoms with Crippen molar-refractivity contribution >= 4 is 23.5 Å². The van der Waals surface area contributed by atoms with Gasteiger partial charge in [-0.1, -0.05) is 54.2 Å². The zero-order valence-electron chi connectivity index (χ0n) is 18.4. The summed E-state index contributed by atoms with van der Waals surface area (Å²) in [6.07, 6.45) is 6.04. The summed E-state index contributed by atoms with van der Waals surface area (Å²) in [4.78, 5) is 7.87. The van der Waals surface area contributed by atoms with Crippen LogP contribution in [0.3, 0.4) is 0 Å². The zero-order valence-corrected chi connectivity index (χ0v) is 19.2. The lowest BCUT2D eigenvalue weighted by atomic mass is 10.1. The monoisotopic (exact) mass is 436 g/mol. The number of rotatable bonds is 5. The second-order valence-electron chi connectivity index (χ2n) is 8.14. The molecule has 32 heavy (non-hydrogen) atoms. The third-order valence-electron chi connectivity index (χ3n) is 5.80. The minimum atomic E-state index is 0.858. The van der Waals surface area contributed by atoms with E-state index in [0.717, 1.165) is 13.1 Å². The lowest BCUT2D eigenvalue weighted by molar-refractivity contribution is -0.700. The lowest BCUT2D eigenvalue weighted by Crippen LogP contribution is -2.40. The van der Waals surface area contributed by atoms with Crippen LogP contribution in [0, 0.1) is 13.8 Å². The molecule has 1 aliphatic heterocycles. The molecule has 0 unspecified atom stereocenters. The Kier molecular flexibility index (Phi) is 5.78. The smallest absolute Gasteiger partial charge is 0.179 e. The minimum absolute atomic E-state index is 0.858. The Hall–Kier alpha value is -3.37. The van der Waals surface area contributed by atoms with Crippen molar-refractivity contribution in [3.05, 3.63) is 124 Å². The van der Waals surface area contributed by atoms with Crippen molar-refractivity contribution in [3.8, 4) is 0 Å². The summed E-state index contributed by atoms with van der Waals surface area (Å²) in [7, 11) is 0. The topological polar surface area (TPSA) is 20.0 Å². The lowest BCUT2D eigenvalue weighted by Gasteiger charge is -2.21. The van der Waals surface area contributed by atoms with E-state index in [9.17, 15) is 0 Å². The first-order chi connectivity index (χ1) is 15.7. The van der Waals surface area contributed by atoms with Gasteiger partial charge in [-0.3, -0.25) is 4.98 Å². The number of benzene rings is 2. The summed E-state index contributed by atoms with van der Waals surface area (Å²) >= 11 is 1.85. The molecule has 0 fully saturated rings. The molecule has 3 nitrogen and oxygen atoms in total. The number of hydrogen-bond donors (Lipinski definition) is 0. The van der Waals surface area contributed by atoms with Crippen molar-refractivity contribution < 1.29 is 4.57 Å². The molecule has 0 aliphatic carbocycles. The number of pyridine rings is 2. The Labute approximate surface area is 194 Å². The molecular formula is C28H26N3S+. The first-order valence-corrected chi connectivity index (χ1v) is 11.7. The van der Waals surface area contributed by atoms with Crippen LogP contribution in [-0.4, -0.2) is 4.98 Å². The number of fused-ring (bicyclic) bond motifs is 1. The molecule has 0 spiro atoms. The molecule has 0 saturated heterocycles. The quantitative estimate of drug-likeness (QED) is 0.350. The second-order valence-corrected chi connectivity index (χ2v) is 9.20. The third kappa shape index (κ3) is 4.32. The highest BCUT2D eigenvalue weighted by Crippen LogP contribution is 2.47. The molecule has 2 aromatic carbocycles. The molecular weight excluding hydrogens is 410 g/mol. The number of para-hydroxylation sites is 1. The van der Waals surface area contributed by atoms with Gasteiger partial charge in [0, 0.05) is 55.4 Å². The second kappa shape index (κ2) is 9.01. The molecule has 3 heterocycles. The van der Waals surface area contributed by atoms with E-state index in [4.69, 9.17) is 0 Å². The molecule has 0 atom stereocenters. The summed E-state index contributed by atoms with van der Waals surface area (Å²) in [5.41, 5.74) is 7.60. The number of nitrogens with zero attached hydrogens (tertiary/aromatic N) is 3. The summed E-state index contributed by atoms with van der Waals surface area (Å²) < 4.78 is 2.36. The van der Waals surface area contributed by atoms with Gasteiger partial charge in [0.1, 0.15) is 0 Å². The number of hydrogen-bond acceptors (Lipinski definition) is 3. The van der Waals surface area contributed by atoms with Crippen LogP contribution < -0.4 is 9.47 Å². The van der Waals surface area contributed by atoms with Crippen LogP contribution in [0.15, 0.2) is 101 Å². The first-order valence-electron chi connectivity index (χ1n) is 10.9. The van der Waals surface area contributed by atoms with Gasteiger partial charge in [0.05, 0.1) is 10.7 Å². The molecule has 2 aromatic heterocycles. The summed E-state index contributed by atoms with van der Waals surface area (Å²) in [6.45, 7) is 6.10. The van der Waals surface area contributed by atoms with Crippen LogP contribution >= 0.6 is 11.8 Å². The van der Waals surface area contributed by atoms with Gasteiger partial charge in [-0.15, -0.1) is 0 Å². The van der Waals surface area contributed by atoms with Crippen LogP contribution in [0.1, 0.15) is 28.1 Å². The van der Waals surface area contributed by atoms with Gasteiger partial charge in [0.2, 0.25) is 0 Å². The molecule has 4 heteroatoms. The first kappa shape index (κ1) is 20.5. The maximum absolute atomic E-state index is 4.13. The predicted molar refractivity (Wildman–Crippen MR) is 132 cm³/mol. The molecule has 0 amide bonds. The Morgan fingerprint density at radius 3 is 2.28 bits per heavy atom. The Balaban J connectivity index is 1.48. The van der Waals surface area contributed by atoms with Crippen molar-refractivity contribution in [1.82, 2.24) is 4.98 Å². The predicted octanol–water partition coefficient (Wildman–Crippen LogP) is 6.15. The van der Waals surface area contributed by atoms with Gasteiger partial charge in [0.15, 0.2) is 17.9 Å². The van der Waals surface area contributed by atoms with Crippen molar-refractivity contribution in [2.45, 2.75) is 31.8 Å². The number of anilines is 1. The van der Waals surface area contributed by atoms with Crippen molar-refractivity contribution in [2.24, 2.45) is 0 Å². The van der Waals surface area contributed by atoms with Crippen molar-refractivity contribution in [2.75, 3.05) is 4.90 Å². The van der Waals surface area contributed by atoms with E-state index >= 15 is 0 Å². The largest absolute Gasteiger partial charge is 0.330 e. The highest BCUT2D eigenvalue weighted by atomic mass is 32.2. The van der Waals surface area contributed by atoms with Crippen LogP contribution in [0.2, 0.25) is 0 Å². The molecule has 1 aliphatic rings. The Morgan fingerprint density at radius 1 is 0.844 bits per heavy atom. The van der Waals surface area contributed by atoms with E-state index in [1.165, 1.54) is 43.7 Å². The van der Waals surface area contributed by atoms with E-state index in [2.05, 4.69) is 113 Å². The maximum Gasteiger partial charge on any atom is 0.179 e. The average molecular weight is 437 g/mol. The molecule has 5 rings (SSSR count). The highest BCUT2D eigenvalue weighted by molar-refractivity contribution is 8.03. The van der Waals surface area contributed by atoms with Crippen LogP contribution in [0.5, 0.6) is 0 Å². The van der Waals surface area contributed by atoms with Gasteiger partial charge in [-0.25, -0.2) is 0 Å². The summed E-state index contributed by atoms with van der Waals surface area (Å²) in [5, 5.41) is 1.26.